The molecule has 2 atom stereocenters. The van der Waals surface area contributed by atoms with Crippen molar-refractivity contribution < 1.29 is 30.0 Å². The molecule has 0 bridgehead atoms. The molecule has 304 valence electrons. The summed E-state index contributed by atoms with van der Waals surface area (Å²) in [6, 6.07) is 0. The Morgan fingerprint density at radius 3 is 0.667 bits per heavy atom. The van der Waals surface area contributed by atoms with E-state index >= 15 is 0 Å². The Kier molecular flexibility index (Phi) is 44.2. The van der Waals surface area contributed by atoms with E-state index in [0.717, 1.165) is 15.5 Å². The first-order chi connectivity index (χ1) is 23.9. The van der Waals surface area contributed by atoms with E-state index in [4.69, 9.17) is 48.9 Å². The molecule has 0 aromatic carbocycles. The predicted octanol–water partition coefficient (Wildman–Crippen LogP) is 14.7. The summed E-state index contributed by atoms with van der Waals surface area (Å²) in [6.07, 6.45) is 22.1. The van der Waals surface area contributed by atoms with E-state index in [-0.39, 0.29) is 30.2 Å². The SMILES string of the molecule is CCCC[N+](CCCC)(CCCC)CCCC.CCCC[N+](CCCC)(CCCC)CCCC.S=C1SC(=S)C(S)S1.S=C1SC(=S)C(S)S1.[Pt+2]. The Balaban J connectivity index is -0.000000630. The van der Waals surface area contributed by atoms with E-state index in [9.17, 15) is 0 Å². The summed E-state index contributed by atoms with van der Waals surface area (Å²) in [5.41, 5.74) is 0. The van der Waals surface area contributed by atoms with Crippen LogP contribution < -0.4 is 0 Å². The minimum absolute atomic E-state index is 0. The second kappa shape index (κ2) is 38.6. The monoisotopic (exact) mass is 1080 g/mol. The first-order valence-corrected chi connectivity index (χ1v) is 25.9. The fraction of sp³-hybridized carbons (Fsp3) is 0.895. The van der Waals surface area contributed by atoms with Crippen molar-refractivity contribution in [2.24, 2.45) is 0 Å². The molecule has 0 aromatic heterocycles. The van der Waals surface area contributed by atoms with Crippen LogP contribution in [0.5, 0.6) is 0 Å². The molecule has 2 unspecified atom stereocenters. The quantitative estimate of drug-likeness (QED) is 0.0550. The van der Waals surface area contributed by atoms with Crippen LogP contribution in [0.4, 0.5) is 0 Å². The summed E-state index contributed by atoms with van der Waals surface area (Å²) in [5.74, 6) is 0. The van der Waals surface area contributed by atoms with Gasteiger partial charge in [0.15, 0.2) is 0 Å². The minimum Gasteiger partial charge on any atom is -0.324 e. The molecule has 51 heavy (non-hydrogen) atoms. The second-order valence-corrected chi connectivity index (χ2v) is 23.4. The van der Waals surface area contributed by atoms with Gasteiger partial charge in [0, 0.05) is 0 Å². The Labute approximate surface area is 382 Å². The van der Waals surface area contributed by atoms with E-state index in [1.54, 1.807) is 23.5 Å². The van der Waals surface area contributed by atoms with Crippen molar-refractivity contribution >= 4 is 137 Å². The van der Waals surface area contributed by atoms with Gasteiger partial charge in [-0.05, 0) is 51.4 Å². The summed E-state index contributed by atoms with van der Waals surface area (Å²) in [6.45, 7) is 30.0. The number of thioether (sulfide) groups is 4. The smallest absolute Gasteiger partial charge is 0.324 e. The summed E-state index contributed by atoms with van der Waals surface area (Å²) in [5, 5.41) is 0. The Morgan fingerprint density at radius 1 is 0.412 bits per heavy atom. The zero-order valence-electron chi connectivity index (χ0n) is 33.5. The van der Waals surface area contributed by atoms with Gasteiger partial charge in [0.1, 0.15) is 7.06 Å². The fourth-order valence-electron chi connectivity index (χ4n) is 5.88. The van der Waals surface area contributed by atoms with Gasteiger partial charge < -0.3 is 8.97 Å². The van der Waals surface area contributed by atoms with Gasteiger partial charge in [-0.3, -0.25) is 0 Å². The van der Waals surface area contributed by atoms with Gasteiger partial charge in [0.25, 0.3) is 0 Å². The molecule has 0 amide bonds. The van der Waals surface area contributed by atoms with Crippen molar-refractivity contribution in [3.05, 3.63) is 0 Å². The molecular formula is C38H76N2PtS10+4. The molecule has 2 aliphatic rings. The van der Waals surface area contributed by atoms with Crippen molar-refractivity contribution in [2.45, 2.75) is 167 Å². The number of quaternary nitrogens is 2. The van der Waals surface area contributed by atoms with Crippen LogP contribution in [0.2, 0.25) is 0 Å². The van der Waals surface area contributed by atoms with Crippen LogP contribution in [-0.2, 0) is 21.1 Å². The second-order valence-electron chi connectivity index (χ2n) is 13.6. The van der Waals surface area contributed by atoms with Gasteiger partial charge in [0.2, 0.25) is 0 Å². The molecule has 0 radical (unpaired) electrons. The molecular weight excluding hydrogens is 1000 g/mol. The summed E-state index contributed by atoms with van der Waals surface area (Å²) in [7, 11) is 0. The van der Waals surface area contributed by atoms with Gasteiger partial charge in [-0.15, -0.1) is 0 Å². The van der Waals surface area contributed by atoms with Crippen LogP contribution in [0, 0.1) is 0 Å². The molecule has 2 saturated heterocycles. The third-order valence-electron chi connectivity index (χ3n) is 9.07. The Morgan fingerprint density at radius 2 is 0.588 bits per heavy atom. The first kappa shape index (κ1) is 58.4. The van der Waals surface area contributed by atoms with Crippen molar-refractivity contribution in [2.75, 3.05) is 52.4 Å². The van der Waals surface area contributed by atoms with Crippen LogP contribution >= 0.6 is 121 Å². The summed E-state index contributed by atoms with van der Waals surface area (Å²) < 4.78 is 6.73. The fourth-order valence-corrected chi connectivity index (χ4v) is 13.4. The van der Waals surface area contributed by atoms with Crippen LogP contribution in [0.25, 0.3) is 0 Å². The van der Waals surface area contributed by atoms with E-state index in [1.807, 2.05) is 0 Å². The number of thiocarbonyl (C=S) groups is 4. The van der Waals surface area contributed by atoms with Gasteiger partial charge in [-0.25, -0.2) is 0 Å². The average Bonchev–Trinajstić information content (AvgIpc) is 3.57. The molecule has 2 nitrogen and oxygen atoms in total. The van der Waals surface area contributed by atoms with Crippen LogP contribution in [-0.4, -0.2) is 85.9 Å². The third kappa shape index (κ3) is 30.8. The molecule has 13 heteroatoms. The molecule has 2 aliphatic heterocycles. The molecule has 0 saturated carbocycles. The molecule has 2 rings (SSSR count). The topological polar surface area (TPSA) is 0 Å². The molecule has 0 spiro atoms. The minimum atomic E-state index is 0. The zero-order valence-corrected chi connectivity index (χ0v) is 44.1. The maximum absolute atomic E-state index is 4.90. The van der Waals surface area contributed by atoms with Gasteiger partial charge in [-0.1, -0.05) is 203 Å². The van der Waals surface area contributed by atoms with Crippen molar-refractivity contribution in [1.82, 2.24) is 0 Å². The van der Waals surface area contributed by atoms with E-state index < -0.39 is 0 Å². The number of hydrogen-bond acceptors (Lipinski definition) is 10. The number of unbranched alkanes of at least 4 members (excludes halogenated alkanes) is 8. The van der Waals surface area contributed by atoms with Gasteiger partial charge in [0.05, 0.1) is 69.9 Å². The average molecular weight is 1080 g/mol. The molecule has 2 fully saturated rings. The van der Waals surface area contributed by atoms with Crippen LogP contribution in [0.3, 0.4) is 0 Å². The summed E-state index contributed by atoms with van der Waals surface area (Å²) in [4.78, 5) is 0. The summed E-state index contributed by atoms with van der Waals surface area (Å²) >= 11 is 33.9. The van der Waals surface area contributed by atoms with E-state index in [2.05, 4.69) is 80.6 Å². The number of rotatable bonds is 24. The molecule has 2 heterocycles. The normalized spacial score (nSPS) is 17.2. The van der Waals surface area contributed by atoms with Crippen molar-refractivity contribution in [3.8, 4) is 0 Å². The zero-order chi connectivity index (χ0) is 38.3. The van der Waals surface area contributed by atoms with Gasteiger partial charge >= 0.3 is 21.1 Å². The van der Waals surface area contributed by atoms with Gasteiger partial charge in [-0.2, -0.15) is 25.3 Å². The Bertz CT molecular complexity index is 748. The number of nitrogens with zero attached hydrogens (tertiary/aromatic N) is 2. The predicted molar refractivity (Wildman–Crippen MR) is 265 cm³/mol. The Hall–Kier alpha value is 3.07. The van der Waals surface area contributed by atoms with Crippen molar-refractivity contribution in [3.63, 3.8) is 0 Å². The largest absolute Gasteiger partial charge is 2.00 e. The maximum Gasteiger partial charge on any atom is 2.00 e. The molecule has 0 aromatic rings. The first-order valence-electron chi connectivity index (χ1n) is 19.8. The standard InChI is InChI=1S/2C16H36N.2C3H2S5.Pt/c2*1-5-9-13-17(14-10-6-2,15-11-7-3)16-12-8-4;2*4-1-2(5)8-3(6)7-1;/h2*5-16H2,1-4H3;2*1,4H;/q2*+1;;;+2. The van der Waals surface area contributed by atoms with Crippen molar-refractivity contribution in [1.29, 1.82) is 0 Å². The van der Waals surface area contributed by atoms with E-state index in [1.165, 1.54) is 188 Å². The number of thiol groups is 2. The number of hydrogen-bond donors (Lipinski definition) is 2. The van der Waals surface area contributed by atoms with E-state index in [0.29, 0.717) is 0 Å². The molecule has 0 aliphatic carbocycles. The van der Waals surface area contributed by atoms with Crippen LogP contribution in [0.15, 0.2) is 0 Å². The maximum atomic E-state index is 4.90. The third-order valence-corrected chi connectivity index (χ3v) is 17.2. The van der Waals surface area contributed by atoms with Crippen LogP contribution in [0.1, 0.15) is 158 Å². The molecule has 0 N–H and O–H groups in total.